The van der Waals surface area contributed by atoms with Crippen LogP contribution in [0.4, 0.5) is 5.95 Å². The van der Waals surface area contributed by atoms with Gasteiger partial charge < -0.3 is 15.4 Å². The number of benzene rings is 1. The second-order valence-corrected chi connectivity index (χ2v) is 4.72. The second-order valence-electron chi connectivity index (χ2n) is 4.72. The van der Waals surface area contributed by atoms with Gasteiger partial charge in [-0.2, -0.15) is 0 Å². The first kappa shape index (κ1) is 13.4. The van der Waals surface area contributed by atoms with Crippen molar-refractivity contribution in [1.82, 2.24) is 15.3 Å². The van der Waals surface area contributed by atoms with Gasteiger partial charge in [0.05, 0.1) is 6.04 Å². The summed E-state index contributed by atoms with van der Waals surface area (Å²) >= 11 is 0. The number of carbonyl (C=O) groups excluding carboxylic acids is 1. The molecule has 0 unspecified atom stereocenters. The highest BCUT2D eigenvalue weighted by Gasteiger charge is 2.24. The number of aromatic nitrogens is 2. The zero-order valence-electron chi connectivity index (χ0n) is 11.5. The Hall–Kier alpha value is -2.63. The first-order chi connectivity index (χ1) is 10.3. The fraction of sp³-hybridized carbons (Fsp3) is 0.267. The molecule has 0 saturated heterocycles. The summed E-state index contributed by atoms with van der Waals surface area (Å²) in [7, 11) is 0. The van der Waals surface area contributed by atoms with E-state index in [4.69, 9.17) is 4.74 Å². The molecular formula is C15H16N4O2. The lowest BCUT2D eigenvalue weighted by atomic mass is 10.1. The lowest BCUT2D eigenvalue weighted by molar-refractivity contribution is -0.121. The van der Waals surface area contributed by atoms with E-state index in [9.17, 15) is 4.79 Å². The number of hydrogen-bond donors (Lipinski definition) is 2. The molecule has 1 aromatic heterocycles. The van der Waals surface area contributed by atoms with Crippen molar-refractivity contribution < 1.29 is 9.53 Å². The fourth-order valence-corrected chi connectivity index (χ4v) is 2.23. The Bertz CT molecular complexity index is 618. The van der Waals surface area contributed by atoms with Gasteiger partial charge >= 0.3 is 0 Å². The Morgan fingerprint density at radius 3 is 2.90 bits per heavy atom. The summed E-state index contributed by atoms with van der Waals surface area (Å²) in [5.41, 5.74) is 1.03. The standard InChI is InChI=1S/C15H16N4O2/c20-14(6-9-18-15-16-7-3-8-17-15)19-12-10-21-13-5-2-1-4-11(12)13/h1-5,7-8,12H,6,9-10H2,(H,19,20)(H,16,17,18)/t12-/m1/s1. The first-order valence-electron chi connectivity index (χ1n) is 6.85. The van der Waals surface area contributed by atoms with E-state index in [1.54, 1.807) is 18.5 Å². The molecule has 2 heterocycles. The number of nitrogens with zero attached hydrogens (tertiary/aromatic N) is 2. The molecule has 108 valence electrons. The van der Waals surface area contributed by atoms with Crippen LogP contribution in [0.5, 0.6) is 5.75 Å². The van der Waals surface area contributed by atoms with Crippen LogP contribution in [0.3, 0.4) is 0 Å². The van der Waals surface area contributed by atoms with Gasteiger partial charge in [-0.3, -0.25) is 4.79 Å². The molecule has 1 amide bonds. The third-order valence-corrected chi connectivity index (χ3v) is 3.24. The van der Waals surface area contributed by atoms with Gasteiger partial charge in [0.1, 0.15) is 12.4 Å². The van der Waals surface area contributed by atoms with Gasteiger partial charge in [-0.25, -0.2) is 9.97 Å². The molecule has 0 fully saturated rings. The van der Waals surface area contributed by atoms with Crippen LogP contribution in [0, 0.1) is 0 Å². The molecule has 2 aromatic rings. The molecule has 0 aliphatic carbocycles. The van der Waals surface area contributed by atoms with Crippen LogP contribution in [-0.4, -0.2) is 29.0 Å². The normalized spacial score (nSPS) is 15.9. The highest BCUT2D eigenvalue weighted by molar-refractivity contribution is 5.77. The highest BCUT2D eigenvalue weighted by atomic mass is 16.5. The molecule has 1 aliphatic heterocycles. The molecular weight excluding hydrogens is 268 g/mol. The Kier molecular flexibility index (Phi) is 3.95. The smallest absolute Gasteiger partial charge is 0.222 e. The largest absolute Gasteiger partial charge is 0.491 e. The number of ether oxygens (including phenoxy) is 1. The number of hydrogen-bond acceptors (Lipinski definition) is 5. The molecule has 21 heavy (non-hydrogen) atoms. The van der Waals surface area contributed by atoms with Gasteiger partial charge in [-0.1, -0.05) is 18.2 Å². The molecule has 6 nitrogen and oxygen atoms in total. The molecule has 0 bridgehead atoms. The van der Waals surface area contributed by atoms with E-state index in [-0.39, 0.29) is 11.9 Å². The van der Waals surface area contributed by atoms with Crippen LogP contribution in [-0.2, 0) is 4.79 Å². The van der Waals surface area contributed by atoms with E-state index in [1.807, 2.05) is 24.3 Å². The van der Waals surface area contributed by atoms with Gasteiger partial charge in [-0.15, -0.1) is 0 Å². The topological polar surface area (TPSA) is 76.1 Å². The minimum Gasteiger partial charge on any atom is -0.491 e. The van der Waals surface area contributed by atoms with Crippen LogP contribution in [0.25, 0.3) is 0 Å². The van der Waals surface area contributed by atoms with E-state index in [2.05, 4.69) is 20.6 Å². The van der Waals surface area contributed by atoms with Gasteiger partial charge in [0.25, 0.3) is 0 Å². The summed E-state index contributed by atoms with van der Waals surface area (Å²) in [6, 6.07) is 9.43. The van der Waals surface area contributed by atoms with Crippen LogP contribution >= 0.6 is 0 Å². The quantitative estimate of drug-likeness (QED) is 0.870. The lowest BCUT2D eigenvalue weighted by Crippen LogP contribution is -2.30. The summed E-state index contributed by atoms with van der Waals surface area (Å²) in [6.45, 7) is 0.978. The molecule has 1 aliphatic rings. The van der Waals surface area contributed by atoms with E-state index < -0.39 is 0 Å². The Labute approximate surface area is 122 Å². The van der Waals surface area contributed by atoms with Crippen molar-refractivity contribution in [3.8, 4) is 5.75 Å². The van der Waals surface area contributed by atoms with Crippen molar-refractivity contribution >= 4 is 11.9 Å². The summed E-state index contributed by atoms with van der Waals surface area (Å²) in [6.07, 6.45) is 3.67. The summed E-state index contributed by atoms with van der Waals surface area (Å²) < 4.78 is 5.54. The maximum absolute atomic E-state index is 12.0. The third kappa shape index (κ3) is 3.28. The van der Waals surface area contributed by atoms with E-state index in [0.29, 0.717) is 25.5 Å². The maximum atomic E-state index is 12.0. The zero-order chi connectivity index (χ0) is 14.5. The molecule has 1 atom stereocenters. The fourth-order valence-electron chi connectivity index (χ4n) is 2.23. The summed E-state index contributed by atoms with van der Waals surface area (Å²) in [4.78, 5) is 20.0. The first-order valence-corrected chi connectivity index (χ1v) is 6.85. The van der Waals surface area contributed by atoms with E-state index in [0.717, 1.165) is 11.3 Å². The van der Waals surface area contributed by atoms with Crippen molar-refractivity contribution in [2.75, 3.05) is 18.5 Å². The zero-order valence-corrected chi connectivity index (χ0v) is 11.5. The SMILES string of the molecule is O=C(CCNc1ncccn1)N[C@@H]1COc2ccccc21. The Morgan fingerprint density at radius 2 is 2.05 bits per heavy atom. The Balaban J connectivity index is 1.47. The van der Waals surface area contributed by atoms with E-state index >= 15 is 0 Å². The monoisotopic (exact) mass is 284 g/mol. The summed E-state index contributed by atoms with van der Waals surface area (Å²) in [5.74, 6) is 1.35. The van der Waals surface area contributed by atoms with Crippen molar-refractivity contribution in [1.29, 1.82) is 0 Å². The van der Waals surface area contributed by atoms with Gasteiger partial charge in [0.2, 0.25) is 11.9 Å². The van der Waals surface area contributed by atoms with Crippen molar-refractivity contribution in [3.05, 3.63) is 48.3 Å². The molecule has 2 N–H and O–H groups in total. The minimum atomic E-state index is -0.0679. The molecule has 0 radical (unpaired) electrons. The third-order valence-electron chi connectivity index (χ3n) is 3.24. The highest BCUT2D eigenvalue weighted by Crippen LogP contribution is 2.31. The van der Waals surface area contributed by atoms with Gasteiger partial charge in [-0.05, 0) is 12.1 Å². The maximum Gasteiger partial charge on any atom is 0.222 e. The lowest BCUT2D eigenvalue weighted by Gasteiger charge is -2.12. The number of amides is 1. The number of anilines is 1. The van der Waals surface area contributed by atoms with Crippen molar-refractivity contribution in [2.45, 2.75) is 12.5 Å². The average Bonchev–Trinajstić information content (AvgIpc) is 2.92. The predicted octanol–water partition coefficient (Wildman–Crippen LogP) is 1.53. The molecule has 3 rings (SSSR count). The number of fused-ring (bicyclic) bond motifs is 1. The van der Waals surface area contributed by atoms with Crippen molar-refractivity contribution in [2.24, 2.45) is 0 Å². The minimum absolute atomic E-state index is 0.0243. The molecule has 1 aromatic carbocycles. The van der Waals surface area contributed by atoms with Crippen LogP contribution in [0.15, 0.2) is 42.7 Å². The predicted molar refractivity (Wildman–Crippen MR) is 78.0 cm³/mol. The van der Waals surface area contributed by atoms with E-state index in [1.165, 1.54) is 0 Å². The van der Waals surface area contributed by atoms with Crippen LogP contribution in [0.2, 0.25) is 0 Å². The number of carbonyl (C=O) groups is 1. The van der Waals surface area contributed by atoms with Gasteiger partial charge in [0.15, 0.2) is 0 Å². The van der Waals surface area contributed by atoms with Crippen LogP contribution in [0.1, 0.15) is 18.0 Å². The molecule has 0 saturated carbocycles. The van der Waals surface area contributed by atoms with Crippen molar-refractivity contribution in [3.63, 3.8) is 0 Å². The molecule has 0 spiro atoms. The number of rotatable bonds is 5. The Morgan fingerprint density at radius 1 is 1.24 bits per heavy atom. The summed E-state index contributed by atoms with van der Waals surface area (Å²) in [5, 5.41) is 5.98. The van der Waals surface area contributed by atoms with Crippen LogP contribution < -0.4 is 15.4 Å². The average molecular weight is 284 g/mol. The second kappa shape index (κ2) is 6.21. The number of nitrogens with one attached hydrogen (secondary N) is 2. The van der Waals surface area contributed by atoms with Gasteiger partial charge in [0, 0.05) is 30.9 Å². The number of para-hydroxylation sites is 1. The molecule has 6 heteroatoms.